The van der Waals surface area contributed by atoms with E-state index >= 15 is 0 Å². The molecular formula is C25H28ClN5O3. The largest absolute Gasteiger partial charge is 0.495 e. The molecule has 0 atom stereocenters. The molecule has 0 radical (unpaired) electrons. The van der Waals surface area contributed by atoms with E-state index in [1.807, 2.05) is 35.2 Å². The second-order valence-electron chi connectivity index (χ2n) is 8.65. The number of hydrogen-bond donors (Lipinski definition) is 0. The predicted octanol–water partition coefficient (Wildman–Crippen LogP) is 3.96. The number of halogens is 1. The van der Waals surface area contributed by atoms with Crippen LogP contribution >= 0.6 is 11.6 Å². The van der Waals surface area contributed by atoms with E-state index in [0.29, 0.717) is 16.9 Å². The van der Waals surface area contributed by atoms with Crippen LogP contribution in [-0.2, 0) is 4.79 Å². The van der Waals surface area contributed by atoms with Gasteiger partial charge in [0.15, 0.2) is 0 Å². The van der Waals surface area contributed by atoms with Crippen molar-refractivity contribution >= 4 is 29.2 Å². The Bertz CT molecular complexity index is 1120. The second kappa shape index (κ2) is 9.93. The van der Waals surface area contributed by atoms with Gasteiger partial charge in [-0.25, -0.2) is 0 Å². The number of piperidine rings is 1. The Hall–Kier alpha value is -3.26. The number of para-hydroxylation sites is 2. The smallest absolute Gasteiger partial charge is 0.324 e. The average Bonchev–Trinajstić information content (AvgIpc) is 3.39. The quantitative estimate of drug-likeness (QED) is 0.546. The van der Waals surface area contributed by atoms with Gasteiger partial charge in [-0.05, 0) is 49.2 Å². The van der Waals surface area contributed by atoms with Gasteiger partial charge in [0.2, 0.25) is 11.7 Å². The summed E-state index contributed by atoms with van der Waals surface area (Å²) in [5.41, 5.74) is 1.94. The van der Waals surface area contributed by atoms with Gasteiger partial charge < -0.3 is 24.0 Å². The summed E-state index contributed by atoms with van der Waals surface area (Å²) < 4.78 is 11.0. The van der Waals surface area contributed by atoms with Gasteiger partial charge in [0.1, 0.15) is 5.75 Å². The van der Waals surface area contributed by atoms with Crippen molar-refractivity contribution in [2.24, 2.45) is 5.92 Å². The van der Waals surface area contributed by atoms with E-state index < -0.39 is 0 Å². The highest BCUT2D eigenvalue weighted by molar-refractivity contribution is 6.30. The van der Waals surface area contributed by atoms with Gasteiger partial charge in [-0.2, -0.15) is 4.98 Å². The summed E-state index contributed by atoms with van der Waals surface area (Å²) in [5.74, 6) is 1.70. The molecule has 2 fully saturated rings. The summed E-state index contributed by atoms with van der Waals surface area (Å²) in [5, 5.41) is 4.77. The molecule has 178 valence electrons. The van der Waals surface area contributed by atoms with Crippen LogP contribution in [0.3, 0.4) is 0 Å². The molecule has 3 heterocycles. The highest BCUT2D eigenvalue weighted by Gasteiger charge is 2.32. The van der Waals surface area contributed by atoms with Crippen molar-refractivity contribution in [3.05, 3.63) is 53.6 Å². The molecule has 8 nitrogen and oxygen atoms in total. The fourth-order valence-electron chi connectivity index (χ4n) is 4.69. The zero-order valence-electron chi connectivity index (χ0n) is 19.2. The summed E-state index contributed by atoms with van der Waals surface area (Å²) in [6, 6.07) is 15.9. The zero-order valence-corrected chi connectivity index (χ0v) is 19.9. The predicted molar refractivity (Wildman–Crippen MR) is 131 cm³/mol. The molecule has 2 saturated heterocycles. The van der Waals surface area contributed by atoms with E-state index in [0.717, 1.165) is 69.1 Å². The third-order valence-corrected chi connectivity index (χ3v) is 6.90. The third kappa shape index (κ3) is 4.68. The number of nitrogens with zero attached hydrogens (tertiary/aromatic N) is 5. The van der Waals surface area contributed by atoms with Crippen molar-refractivity contribution < 1.29 is 14.1 Å². The first-order chi connectivity index (χ1) is 16.6. The Balaban J connectivity index is 1.14. The number of benzene rings is 2. The van der Waals surface area contributed by atoms with E-state index in [1.165, 1.54) is 0 Å². The number of amides is 1. The zero-order chi connectivity index (χ0) is 23.5. The van der Waals surface area contributed by atoms with Gasteiger partial charge in [0.05, 0.1) is 12.8 Å². The van der Waals surface area contributed by atoms with Crippen LogP contribution in [0.1, 0.15) is 12.8 Å². The lowest BCUT2D eigenvalue weighted by atomic mass is 9.95. The minimum absolute atomic E-state index is 0.0349. The topological polar surface area (TPSA) is 74.9 Å². The van der Waals surface area contributed by atoms with Crippen LogP contribution in [0, 0.1) is 5.92 Å². The van der Waals surface area contributed by atoms with Gasteiger partial charge in [0, 0.05) is 55.8 Å². The normalized spacial score (nSPS) is 17.2. The van der Waals surface area contributed by atoms with E-state index in [2.05, 4.69) is 26.0 Å². The first kappa shape index (κ1) is 22.5. The number of carbonyl (C=O) groups excluding carboxylic acids is 1. The lowest BCUT2D eigenvalue weighted by Gasteiger charge is -2.39. The number of rotatable bonds is 5. The highest BCUT2D eigenvalue weighted by Crippen LogP contribution is 2.30. The highest BCUT2D eigenvalue weighted by atomic mass is 35.5. The lowest BCUT2D eigenvalue weighted by molar-refractivity contribution is -0.136. The molecule has 0 aliphatic carbocycles. The molecule has 2 aliphatic heterocycles. The molecular weight excluding hydrogens is 454 g/mol. The minimum Gasteiger partial charge on any atom is -0.495 e. The number of ether oxygens (including phenoxy) is 1. The first-order valence-corrected chi connectivity index (χ1v) is 12.0. The summed E-state index contributed by atoms with van der Waals surface area (Å²) in [4.78, 5) is 24.1. The van der Waals surface area contributed by atoms with E-state index in [4.69, 9.17) is 20.9 Å². The summed E-state index contributed by atoms with van der Waals surface area (Å²) in [7, 11) is 1.69. The maximum atomic E-state index is 13.2. The molecule has 1 amide bonds. The van der Waals surface area contributed by atoms with Crippen molar-refractivity contribution in [3.8, 4) is 17.1 Å². The molecule has 0 spiro atoms. The standard InChI is InChI=1S/C25H28ClN5O3/c1-33-22-5-3-2-4-21(22)29-14-16-30(17-15-29)24(32)19-10-12-31(13-11-19)25-27-23(28-34-25)18-6-8-20(26)9-7-18/h2-9,19H,10-17H2,1H3. The number of piperazine rings is 1. The Morgan fingerprint density at radius 1 is 0.971 bits per heavy atom. The molecule has 0 bridgehead atoms. The van der Waals surface area contributed by atoms with E-state index in [-0.39, 0.29) is 11.8 Å². The van der Waals surface area contributed by atoms with Crippen molar-refractivity contribution in [1.82, 2.24) is 15.0 Å². The van der Waals surface area contributed by atoms with Crippen LogP contribution in [-0.4, -0.2) is 67.3 Å². The molecule has 9 heteroatoms. The Labute approximate surface area is 204 Å². The second-order valence-corrected chi connectivity index (χ2v) is 9.09. The molecule has 1 aromatic heterocycles. The number of anilines is 2. The minimum atomic E-state index is 0.0349. The molecule has 34 heavy (non-hydrogen) atoms. The number of hydrogen-bond acceptors (Lipinski definition) is 7. The summed E-state index contributed by atoms with van der Waals surface area (Å²) >= 11 is 5.96. The van der Waals surface area contributed by atoms with Gasteiger partial charge in [0.25, 0.3) is 0 Å². The molecule has 2 aromatic carbocycles. The molecule has 2 aliphatic rings. The fraction of sp³-hybridized carbons (Fsp3) is 0.400. The number of aromatic nitrogens is 2. The molecule has 5 rings (SSSR count). The maximum absolute atomic E-state index is 13.2. The third-order valence-electron chi connectivity index (χ3n) is 6.65. The lowest BCUT2D eigenvalue weighted by Crippen LogP contribution is -2.51. The van der Waals surface area contributed by atoms with Gasteiger partial charge in [-0.3, -0.25) is 4.79 Å². The van der Waals surface area contributed by atoms with Crippen molar-refractivity contribution in [1.29, 1.82) is 0 Å². The maximum Gasteiger partial charge on any atom is 0.324 e. The van der Waals surface area contributed by atoms with Gasteiger partial charge >= 0.3 is 6.01 Å². The van der Waals surface area contributed by atoms with Crippen LogP contribution in [0.2, 0.25) is 5.02 Å². The Morgan fingerprint density at radius 3 is 2.38 bits per heavy atom. The van der Waals surface area contributed by atoms with Crippen LogP contribution < -0.4 is 14.5 Å². The number of carbonyl (C=O) groups is 1. The monoisotopic (exact) mass is 481 g/mol. The van der Waals surface area contributed by atoms with Crippen LogP contribution in [0.5, 0.6) is 5.75 Å². The molecule has 3 aromatic rings. The van der Waals surface area contributed by atoms with Crippen LogP contribution in [0.15, 0.2) is 53.1 Å². The first-order valence-electron chi connectivity index (χ1n) is 11.6. The number of methoxy groups -OCH3 is 1. The van der Waals surface area contributed by atoms with Crippen molar-refractivity contribution in [2.75, 3.05) is 56.2 Å². The van der Waals surface area contributed by atoms with E-state index in [1.54, 1.807) is 19.2 Å². The molecule has 0 unspecified atom stereocenters. The Morgan fingerprint density at radius 2 is 1.68 bits per heavy atom. The van der Waals surface area contributed by atoms with Crippen molar-refractivity contribution in [2.45, 2.75) is 12.8 Å². The van der Waals surface area contributed by atoms with E-state index in [9.17, 15) is 4.79 Å². The summed E-state index contributed by atoms with van der Waals surface area (Å²) in [6.45, 7) is 4.51. The average molecular weight is 482 g/mol. The Kier molecular flexibility index (Phi) is 6.58. The van der Waals surface area contributed by atoms with Crippen LogP contribution in [0.4, 0.5) is 11.7 Å². The van der Waals surface area contributed by atoms with Gasteiger partial charge in [-0.1, -0.05) is 28.9 Å². The fourth-order valence-corrected chi connectivity index (χ4v) is 4.82. The summed E-state index contributed by atoms with van der Waals surface area (Å²) in [6.07, 6.45) is 1.56. The molecule has 0 N–H and O–H groups in total. The molecule has 0 saturated carbocycles. The SMILES string of the molecule is COc1ccccc1N1CCN(C(=O)C2CCN(c3nc(-c4ccc(Cl)cc4)no3)CC2)CC1. The van der Waals surface area contributed by atoms with Crippen LogP contribution in [0.25, 0.3) is 11.4 Å². The van der Waals surface area contributed by atoms with Crippen molar-refractivity contribution in [3.63, 3.8) is 0 Å². The van der Waals surface area contributed by atoms with Gasteiger partial charge in [-0.15, -0.1) is 0 Å².